The second-order valence-electron chi connectivity index (χ2n) is 6.26. The molecular weight excluding hydrogens is 449 g/mol. The third-order valence-electron chi connectivity index (χ3n) is 4.27. The van der Waals surface area contributed by atoms with E-state index in [-0.39, 0.29) is 6.04 Å². The van der Waals surface area contributed by atoms with Crippen LogP contribution in [0.3, 0.4) is 0 Å². The molecule has 156 valence electrons. The Morgan fingerprint density at radius 1 is 1.21 bits per heavy atom. The van der Waals surface area contributed by atoms with Gasteiger partial charge >= 0.3 is 6.18 Å². The Labute approximate surface area is 175 Å². The van der Waals surface area contributed by atoms with Gasteiger partial charge in [0, 0.05) is 10.6 Å². The van der Waals surface area contributed by atoms with Crippen LogP contribution in [0.25, 0.3) is 0 Å². The number of hydrogen-bond donors (Lipinski definition) is 2. The number of thioether (sulfide) groups is 1. The molecular formula is C18H16ClF3N2O3S2. The van der Waals surface area contributed by atoms with Crippen molar-refractivity contribution in [1.29, 1.82) is 0 Å². The highest BCUT2D eigenvalue weighted by Gasteiger charge is 2.34. The molecule has 3 rings (SSSR count). The summed E-state index contributed by atoms with van der Waals surface area (Å²) in [4.78, 5) is 12.7. The minimum Gasteiger partial charge on any atom is -0.348 e. The van der Waals surface area contributed by atoms with Crippen molar-refractivity contribution in [2.24, 2.45) is 0 Å². The van der Waals surface area contributed by atoms with E-state index in [1.54, 1.807) is 11.8 Å². The summed E-state index contributed by atoms with van der Waals surface area (Å²) in [5.74, 6) is 0.226. The van der Waals surface area contributed by atoms with E-state index < -0.39 is 44.1 Å². The van der Waals surface area contributed by atoms with Gasteiger partial charge in [-0.05, 0) is 36.2 Å². The molecule has 11 heteroatoms. The molecule has 2 N–H and O–H groups in total. The highest BCUT2D eigenvalue weighted by Crippen LogP contribution is 2.36. The Hall–Kier alpha value is -1.75. The van der Waals surface area contributed by atoms with E-state index in [1.807, 2.05) is 29.0 Å². The molecule has 29 heavy (non-hydrogen) atoms. The van der Waals surface area contributed by atoms with Crippen LogP contribution in [0, 0.1) is 0 Å². The number of alkyl halides is 3. The SMILES string of the molecule is O=C(CNS(=O)(=O)c1ccc(Cl)c(C(F)(F)F)c1)NC1CCSc2ccccc21. The van der Waals surface area contributed by atoms with E-state index in [2.05, 4.69) is 5.32 Å². The van der Waals surface area contributed by atoms with E-state index >= 15 is 0 Å². The number of hydrogen-bond acceptors (Lipinski definition) is 4. The van der Waals surface area contributed by atoms with Crippen molar-refractivity contribution in [3.05, 3.63) is 58.6 Å². The van der Waals surface area contributed by atoms with E-state index in [1.165, 1.54) is 0 Å². The summed E-state index contributed by atoms with van der Waals surface area (Å²) in [6.45, 7) is -0.599. The zero-order valence-corrected chi connectivity index (χ0v) is 17.2. The van der Waals surface area contributed by atoms with Gasteiger partial charge in [0.15, 0.2) is 0 Å². The molecule has 0 bridgehead atoms. The maximum atomic E-state index is 12.9. The predicted octanol–water partition coefficient (Wildman–Crippen LogP) is 3.99. The number of fused-ring (bicyclic) bond motifs is 1. The van der Waals surface area contributed by atoms with Gasteiger partial charge in [0.1, 0.15) is 0 Å². The van der Waals surface area contributed by atoms with Crippen molar-refractivity contribution in [1.82, 2.24) is 10.0 Å². The minimum absolute atomic E-state index is 0.253. The van der Waals surface area contributed by atoms with Gasteiger partial charge in [0.25, 0.3) is 0 Å². The van der Waals surface area contributed by atoms with Crippen LogP contribution < -0.4 is 10.0 Å². The molecule has 2 aromatic rings. The molecule has 1 aliphatic rings. The molecule has 1 atom stereocenters. The second kappa shape index (κ2) is 8.55. The average molecular weight is 465 g/mol. The molecule has 5 nitrogen and oxygen atoms in total. The van der Waals surface area contributed by atoms with E-state index in [0.29, 0.717) is 12.5 Å². The smallest absolute Gasteiger partial charge is 0.348 e. The lowest BCUT2D eigenvalue weighted by Crippen LogP contribution is -2.39. The quantitative estimate of drug-likeness (QED) is 0.701. The fourth-order valence-corrected chi connectivity index (χ4v) is 5.23. The number of amides is 1. The van der Waals surface area contributed by atoms with Crippen molar-refractivity contribution in [3.63, 3.8) is 0 Å². The summed E-state index contributed by atoms with van der Waals surface area (Å²) in [6, 6.07) is 9.58. The molecule has 0 radical (unpaired) electrons. The number of benzene rings is 2. The first-order valence-electron chi connectivity index (χ1n) is 8.45. The van der Waals surface area contributed by atoms with Crippen molar-refractivity contribution in [2.75, 3.05) is 12.3 Å². The van der Waals surface area contributed by atoms with Crippen LogP contribution in [-0.2, 0) is 21.0 Å². The van der Waals surface area contributed by atoms with Gasteiger partial charge in [-0.1, -0.05) is 29.8 Å². The van der Waals surface area contributed by atoms with E-state index in [9.17, 15) is 26.4 Å². The zero-order valence-electron chi connectivity index (χ0n) is 14.8. The summed E-state index contributed by atoms with van der Waals surface area (Å²) in [5, 5.41) is 2.16. The number of nitrogens with one attached hydrogen (secondary N) is 2. The first-order chi connectivity index (χ1) is 13.6. The molecule has 0 saturated carbocycles. The number of carbonyl (C=O) groups excluding carboxylic acids is 1. The molecule has 0 spiro atoms. The van der Waals surface area contributed by atoms with Crippen LogP contribution in [-0.4, -0.2) is 26.6 Å². The summed E-state index contributed by atoms with van der Waals surface area (Å²) in [6.07, 6.45) is -4.11. The summed E-state index contributed by atoms with van der Waals surface area (Å²) in [7, 11) is -4.33. The van der Waals surface area contributed by atoms with Crippen LogP contribution in [0.4, 0.5) is 13.2 Å². The topological polar surface area (TPSA) is 75.3 Å². The molecule has 1 aliphatic heterocycles. The van der Waals surface area contributed by atoms with Gasteiger partial charge in [-0.2, -0.15) is 13.2 Å². The third kappa shape index (κ3) is 5.25. The Kier molecular flexibility index (Phi) is 6.47. The lowest BCUT2D eigenvalue weighted by atomic mass is 10.0. The molecule has 0 aromatic heterocycles. The Morgan fingerprint density at radius 2 is 1.93 bits per heavy atom. The maximum Gasteiger partial charge on any atom is 0.417 e. The standard InChI is InChI=1S/C18H16ClF3N2O3S2/c19-14-6-5-11(9-13(14)18(20,21)22)29(26,27)23-10-17(25)24-15-7-8-28-16-4-2-1-3-12(15)16/h1-6,9,15,23H,7-8,10H2,(H,24,25). The first-order valence-corrected chi connectivity index (χ1v) is 11.3. The van der Waals surface area contributed by atoms with Crippen LogP contribution in [0.5, 0.6) is 0 Å². The number of carbonyl (C=O) groups is 1. The van der Waals surface area contributed by atoms with Gasteiger partial charge < -0.3 is 5.32 Å². The van der Waals surface area contributed by atoms with E-state index in [4.69, 9.17) is 11.6 Å². The number of rotatable bonds is 5. The molecule has 0 fully saturated rings. The summed E-state index contributed by atoms with van der Waals surface area (Å²) < 4.78 is 65.5. The minimum atomic E-state index is -4.80. The van der Waals surface area contributed by atoms with E-state index in [0.717, 1.165) is 28.3 Å². The largest absolute Gasteiger partial charge is 0.417 e. The van der Waals surface area contributed by atoms with Crippen molar-refractivity contribution in [2.45, 2.75) is 28.4 Å². The lowest BCUT2D eigenvalue weighted by Gasteiger charge is -2.25. The normalized spacial score (nSPS) is 16.9. The Morgan fingerprint density at radius 3 is 2.66 bits per heavy atom. The zero-order chi connectivity index (χ0) is 21.2. The molecule has 1 unspecified atom stereocenters. The summed E-state index contributed by atoms with van der Waals surface area (Å²) in [5.41, 5.74) is -0.310. The van der Waals surface area contributed by atoms with Crippen LogP contribution in [0.15, 0.2) is 52.3 Å². The highest BCUT2D eigenvalue weighted by molar-refractivity contribution is 7.99. The van der Waals surface area contributed by atoms with Gasteiger partial charge in [-0.25, -0.2) is 13.1 Å². The molecule has 0 saturated heterocycles. The van der Waals surface area contributed by atoms with Crippen molar-refractivity contribution >= 4 is 39.3 Å². The van der Waals surface area contributed by atoms with Crippen molar-refractivity contribution in [3.8, 4) is 0 Å². The van der Waals surface area contributed by atoms with Gasteiger partial charge in [-0.15, -0.1) is 11.8 Å². The molecule has 1 heterocycles. The number of sulfonamides is 1. The van der Waals surface area contributed by atoms with Crippen LogP contribution in [0.1, 0.15) is 23.6 Å². The lowest BCUT2D eigenvalue weighted by molar-refractivity contribution is -0.137. The van der Waals surface area contributed by atoms with Crippen LogP contribution >= 0.6 is 23.4 Å². The Bertz CT molecular complexity index is 1030. The number of halogens is 4. The average Bonchev–Trinajstić information content (AvgIpc) is 2.66. The Balaban J connectivity index is 1.68. The molecule has 2 aromatic carbocycles. The molecule has 1 amide bonds. The highest BCUT2D eigenvalue weighted by atomic mass is 35.5. The van der Waals surface area contributed by atoms with Crippen molar-refractivity contribution < 1.29 is 26.4 Å². The maximum absolute atomic E-state index is 12.9. The van der Waals surface area contributed by atoms with Gasteiger partial charge in [-0.3, -0.25) is 4.79 Å². The monoisotopic (exact) mass is 464 g/mol. The van der Waals surface area contributed by atoms with Gasteiger partial charge in [0.2, 0.25) is 15.9 Å². The van der Waals surface area contributed by atoms with Gasteiger partial charge in [0.05, 0.1) is 28.1 Å². The first kappa shape index (κ1) is 21.9. The van der Waals surface area contributed by atoms with Crippen LogP contribution in [0.2, 0.25) is 5.02 Å². The fraction of sp³-hybridized carbons (Fsp3) is 0.278. The fourth-order valence-electron chi connectivity index (χ4n) is 2.87. The predicted molar refractivity (Wildman–Crippen MR) is 104 cm³/mol. The summed E-state index contributed by atoms with van der Waals surface area (Å²) >= 11 is 7.18. The third-order valence-corrected chi connectivity index (χ3v) is 7.12. The molecule has 0 aliphatic carbocycles. The second-order valence-corrected chi connectivity index (χ2v) is 9.57.